The molecule has 2 aromatic rings. The molecule has 2 fully saturated rings. The Bertz CT molecular complexity index is 972. The molecule has 0 radical (unpaired) electrons. The minimum Gasteiger partial charge on any atom is -0.384 e. The molecule has 2 aromatic heterocycles. The highest BCUT2D eigenvalue weighted by atomic mass is 16.1. The fourth-order valence-corrected chi connectivity index (χ4v) is 4.87. The lowest BCUT2D eigenvalue weighted by atomic mass is 9.89. The van der Waals surface area contributed by atoms with Crippen molar-refractivity contribution >= 4 is 23.1 Å². The Kier molecular flexibility index (Phi) is 8.86. The number of carbonyl (C=O) groups is 1. The summed E-state index contributed by atoms with van der Waals surface area (Å²) >= 11 is 0. The van der Waals surface area contributed by atoms with Crippen molar-refractivity contribution in [3.8, 4) is 12.3 Å². The van der Waals surface area contributed by atoms with Gasteiger partial charge in [0.1, 0.15) is 23.1 Å². The summed E-state index contributed by atoms with van der Waals surface area (Å²) in [6.07, 6.45) is 21.6. The summed E-state index contributed by atoms with van der Waals surface area (Å²) in [7, 11) is 0. The van der Waals surface area contributed by atoms with Crippen LogP contribution < -0.4 is 10.6 Å². The number of Topliss-reactive ketones (excluding diaryl/α,β-unsaturated/α-hetero) is 1. The molecule has 1 aliphatic heterocycles. The maximum Gasteiger partial charge on any atom is 0.150 e. The van der Waals surface area contributed by atoms with Gasteiger partial charge in [0.05, 0.1) is 12.4 Å². The van der Waals surface area contributed by atoms with Crippen LogP contribution in [0, 0.1) is 18.3 Å². The normalized spacial score (nSPS) is 17.1. The molecule has 0 bridgehead atoms. The molecule has 0 amide bonds. The molecule has 1 saturated heterocycles. The van der Waals surface area contributed by atoms with E-state index in [1.807, 2.05) is 12.3 Å². The molecule has 7 heteroatoms. The predicted molar refractivity (Wildman–Crippen MR) is 136 cm³/mol. The van der Waals surface area contributed by atoms with Crippen LogP contribution in [0.4, 0.5) is 17.3 Å². The Morgan fingerprint density at radius 2 is 1.76 bits per heavy atom. The van der Waals surface area contributed by atoms with Gasteiger partial charge in [-0.1, -0.05) is 25.7 Å². The van der Waals surface area contributed by atoms with Gasteiger partial charge >= 0.3 is 0 Å². The number of rotatable bonds is 10. The van der Waals surface area contributed by atoms with Crippen LogP contribution in [-0.2, 0) is 11.2 Å². The number of hydrogen-bond donors (Lipinski definition) is 2. The van der Waals surface area contributed by atoms with Crippen molar-refractivity contribution in [3.05, 3.63) is 35.9 Å². The summed E-state index contributed by atoms with van der Waals surface area (Å²) < 4.78 is 0. The minimum atomic E-state index is 0.268. The maximum absolute atomic E-state index is 12.8. The molecule has 0 atom stereocenters. The number of nitrogens with one attached hydrogen (secondary N) is 2. The first kappa shape index (κ1) is 24.2. The summed E-state index contributed by atoms with van der Waals surface area (Å²) in [5.41, 5.74) is 2.42. The molecule has 2 N–H and O–H groups in total. The summed E-state index contributed by atoms with van der Waals surface area (Å²) in [5, 5.41) is 6.83. The van der Waals surface area contributed by atoms with E-state index < -0.39 is 0 Å². The van der Waals surface area contributed by atoms with Crippen LogP contribution in [0.3, 0.4) is 0 Å². The van der Waals surface area contributed by atoms with Gasteiger partial charge in [0.15, 0.2) is 0 Å². The largest absolute Gasteiger partial charge is 0.384 e. The highest BCUT2D eigenvalue weighted by molar-refractivity contribution is 5.83. The minimum absolute atomic E-state index is 0.268. The molecule has 0 unspecified atom stereocenters. The van der Waals surface area contributed by atoms with Gasteiger partial charge in [0.2, 0.25) is 0 Å². The topological polar surface area (TPSA) is 83.0 Å². The summed E-state index contributed by atoms with van der Waals surface area (Å²) in [5.74, 6) is 4.67. The molecule has 4 rings (SSSR count). The second-order valence-electron chi connectivity index (χ2n) is 9.54. The Morgan fingerprint density at radius 3 is 2.50 bits per heavy atom. The van der Waals surface area contributed by atoms with Crippen molar-refractivity contribution in [3.63, 3.8) is 0 Å². The first-order chi connectivity index (χ1) is 16.7. The third-order valence-corrected chi connectivity index (χ3v) is 6.89. The van der Waals surface area contributed by atoms with Gasteiger partial charge in [-0.25, -0.2) is 15.0 Å². The molecule has 1 saturated carbocycles. The molecule has 34 heavy (non-hydrogen) atoms. The third-order valence-electron chi connectivity index (χ3n) is 6.89. The molecule has 2 aliphatic rings. The van der Waals surface area contributed by atoms with E-state index in [1.54, 1.807) is 12.4 Å². The van der Waals surface area contributed by atoms with Crippen LogP contribution in [0.15, 0.2) is 24.7 Å². The van der Waals surface area contributed by atoms with E-state index in [9.17, 15) is 4.79 Å². The van der Waals surface area contributed by atoms with Crippen LogP contribution in [0.5, 0.6) is 0 Å². The van der Waals surface area contributed by atoms with Gasteiger partial charge in [0, 0.05) is 49.4 Å². The molecule has 0 spiro atoms. The Labute approximate surface area is 203 Å². The quantitative estimate of drug-likeness (QED) is 0.502. The highest BCUT2D eigenvalue weighted by Crippen LogP contribution is 2.26. The Hall–Kier alpha value is -2.98. The van der Waals surface area contributed by atoms with Crippen LogP contribution in [-0.4, -0.2) is 51.8 Å². The van der Waals surface area contributed by atoms with Gasteiger partial charge in [-0.15, -0.1) is 6.42 Å². The van der Waals surface area contributed by atoms with E-state index in [4.69, 9.17) is 6.42 Å². The standard InChI is InChI=1S/C27H36N6O/c1-2-23-19-31-27(20-28-23)32-26-16-25(29-17-21-9-5-3-6-10-21)22(18-30-26)15-24(34)11-14-33-12-7-4-8-13-33/h1,16,18-21H,3-15,17H2,(H2,29,30,31,32). The Balaban J connectivity index is 1.42. The van der Waals surface area contributed by atoms with Gasteiger partial charge in [-0.2, -0.15) is 0 Å². The van der Waals surface area contributed by atoms with Gasteiger partial charge in [-0.05, 0) is 50.6 Å². The number of anilines is 3. The number of terminal acetylenes is 1. The van der Waals surface area contributed by atoms with E-state index in [-0.39, 0.29) is 5.78 Å². The molecule has 3 heterocycles. The van der Waals surface area contributed by atoms with Gasteiger partial charge < -0.3 is 15.5 Å². The second kappa shape index (κ2) is 12.5. The summed E-state index contributed by atoms with van der Waals surface area (Å²) in [6, 6.07) is 1.98. The van der Waals surface area contributed by atoms with Crippen LogP contribution in [0.1, 0.15) is 69.0 Å². The second-order valence-corrected chi connectivity index (χ2v) is 9.54. The molecule has 7 nitrogen and oxygen atoms in total. The first-order valence-corrected chi connectivity index (χ1v) is 12.7. The molecule has 180 valence electrons. The molecular formula is C27H36N6O. The van der Waals surface area contributed by atoms with Crippen molar-refractivity contribution in [1.29, 1.82) is 0 Å². The molecule has 0 aromatic carbocycles. The van der Waals surface area contributed by atoms with Crippen molar-refractivity contribution in [2.45, 2.75) is 64.2 Å². The predicted octanol–water partition coefficient (Wildman–Crippen LogP) is 4.58. The maximum atomic E-state index is 12.8. The number of carbonyl (C=O) groups excluding carboxylic acids is 1. The SMILES string of the molecule is C#Cc1cnc(Nc2cc(NCC3CCCCC3)c(CC(=O)CCN3CCCCC3)cn2)cn1. The zero-order chi connectivity index (χ0) is 23.6. The number of likely N-dealkylation sites (tertiary alicyclic amines) is 1. The zero-order valence-electron chi connectivity index (χ0n) is 20.1. The van der Waals surface area contributed by atoms with Crippen molar-refractivity contribution in [1.82, 2.24) is 19.9 Å². The van der Waals surface area contributed by atoms with Crippen LogP contribution in [0.25, 0.3) is 0 Å². The monoisotopic (exact) mass is 460 g/mol. The summed E-state index contributed by atoms with van der Waals surface area (Å²) in [4.78, 5) is 28.3. The molecular weight excluding hydrogens is 424 g/mol. The van der Waals surface area contributed by atoms with E-state index >= 15 is 0 Å². The van der Waals surface area contributed by atoms with Crippen molar-refractivity contribution in [2.75, 3.05) is 36.8 Å². The number of piperidine rings is 1. The van der Waals surface area contributed by atoms with Crippen molar-refractivity contribution in [2.24, 2.45) is 5.92 Å². The first-order valence-electron chi connectivity index (χ1n) is 12.7. The highest BCUT2D eigenvalue weighted by Gasteiger charge is 2.17. The number of aromatic nitrogens is 3. The number of ketones is 1. The van der Waals surface area contributed by atoms with E-state index in [1.165, 1.54) is 51.4 Å². The van der Waals surface area contributed by atoms with E-state index in [0.29, 0.717) is 36.1 Å². The van der Waals surface area contributed by atoms with E-state index in [2.05, 4.69) is 36.4 Å². The smallest absolute Gasteiger partial charge is 0.150 e. The average molecular weight is 461 g/mol. The van der Waals surface area contributed by atoms with Crippen LogP contribution in [0.2, 0.25) is 0 Å². The lowest BCUT2D eigenvalue weighted by Gasteiger charge is -2.26. The number of nitrogens with zero attached hydrogens (tertiary/aromatic N) is 4. The lowest BCUT2D eigenvalue weighted by Crippen LogP contribution is -2.31. The van der Waals surface area contributed by atoms with Gasteiger partial charge in [-0.3, -0.25) is 4.79 Å². The van der Waals surface area contributed by atoms with Crippen LogP contribution >= 0.6 is 0 Å². The number of hydrogen-bond acceptors (Lipinski definition) is 7. The molecule has 1 aliphatic carbocycles. The number of pyridine rings is 1. The average Bonchev–Trinajstić information content (AvgIpc) is 2.89. The fourth-order valence-electron chi connectivity index (χ4n) is 4.87. The summed E-state index contributed by atoms with van der Waals surface area (Å²) in [6.45, 7) is 4.03. The van der Waals surface area contributed by atoms with E-state index in [0.717, 1.165) is 37.4 Å². The fraction of sp³-hybridized carbons (Fsp3) is 0.556. The van der Waals surface area contributed by atoms with Gasteiger partial charge in [0.25, 0.3) is 0 Å². The lowest BCUT2D eigenvalue weighted by molar-refractivity contribution is -0.118. The zero-order valence-corrected chi connectivity index (χ0v) is 20.1. The van der Waals surface area contributed by atoms with Crippen molar-refractivity contribution < 1.29 is 4.79 Å². The third kappa shape index (κ3) is 7.26. The Morgan fingerprint density at radius 1 is 1.00 bits per heavy atom.